The highest BCUT2D eigenvalue weighted by Crippen LogP contribution is 2.38. The van der Waals surface area contributed by atoms with E-state index in [1.165, 1.54) is 12.8 Å². The van der Waals surface area contributed by atoms with Crippen molar-refractivity contribution < 1.29 is 18.8 Å². The van der Waals surface area contributed by atoms with E-state index in [0.29, 0.717) is 13.0 Å². The van der Waals surface area contributed by atoms with E-state index < -0.39 is 11.2 Å². The summed E-state index contributed by atoms with van der Waals surface area (Å²) in [5.74, 6) is 1.68. The third-order valence-electron chi connectivity index (χ3n) is 5.84. The number of hydrogen-bond donors (Lipinski definition) is 0. The molecule has 0 aromatic heterocycles. The lowest BCUT2D eigenvalue weighted by Gasteiger charge is -2.20. The van der Waals surface area contributed by atoms with Gasteiger partial charge in [0.1, 0.15) is 6.26 Å². The first kappa shape index (κ1) is 20.1. The number of rotatable bonds is 6. The third kappa shape index (κ3) is 4.38. The molecule has 2 aliphatic rings. The predicted molar refractivity (Wildman–Crippen MR) is 114 cm³/mol. The Labute approximate surface area is 175 Å². The SMILES string of the molecule is COc1ccc(C2CC(=O)N(c3cccc([S+](C)[O-])c3)C2)cc1OC1CCCC1. The Morgan fingerprint density at radius 2 is 1.90 bits per heavy atom. The van der Waals surface area contributed by atoms with Gasteiger partial charge in [0.2, 0.25) is 5.91 Å². The largest absolute Gasteiger partial charge is 0.612 e. The molecule has 2 aromatic carbocycles. The van der Waals surface area contributed by atoms with Gasteiger partial charge in [-0.2, -0.15) is 0 Å². The molecule has 29 heavy (non-hydrogen) atoms. The zero-order chi connectivity index (χ0) is 20.4. The molecule has 2 fully saturated rings. The Morgan fingerprint density at radius 3 is 2.62 bits per heavy atom. The van der Waals surface area contributed by atoms with Gasteiger partial charge >= 0.3 is 0 Å². The van der Waals surface area contributed by atoms with E-state index in [9.17, 15) is 9.35 Å². The molecule has 0 radical (unpaired) electrons. The van der Waals surface area contributed by atoms with E-state index in [1.54, 1.807) is 18.3 Å². The number of carbonyl (C=O) groups excluding carboxylic acids is 1. The first-order chi connectivity index (χ1) is 14.0. The quantitative estimate of drug-likeness (QED) is 0.664. The van der Waals surface area contributed by atoms with Gasteiger partial charge in [0.05, 0.1) is 13.2 Å². The van der Waals surface area contributed by atoms with Crippen molar-refractivity contribution in [1.82, 2.24) is 0 Å². The molecule has 1 heterocycles. The molecule has 1 saturated heterocycles. The van der Waals surface area contributed by atoms with Crippen LogP contribution in [-0.4, -0.2) is 36.5 Å². The molecule has 0 N–H and O–H groups in total. The summed E-state index contributed by atoms with van der Waals surface area (Å²) < 4.78 is 23.5. The maximum atomic E-state index is 12.7. The van der Waals surface area contributed by atoms with Crippen LogP contribution in [0.15, 0.2) is 47.4 Å². The van der Waals surface area contributed by atoms with Gasteiger partial charge < -0.3 is 18.9 Å². The molecule has 1 amide bonds. The molecule has 1 saturated carbocycles. The fourth-order valence-corrected chi connectivity index (χ4v) is 4.79. The lowest BCUT2D eigenvalue weighted by atomic mass is 9.98. The summed E-state index contributed by atoms with van der Waals surface area (Å²) in [6, 6.07) is 13.4. The summed E-state index contributed by atoms with van der Waals surface area (Å²) in [6.45, 7) is 0.605. The normalized spacial score (nSPS) is 20.9. The van der Waals surface area contributed by atoms with E-state index in [2.05, 4.69) is 0 Å². The number of amides is 1. The standard InChI is InChI=1S/C23H27NO4S/c1-27-21-11-10-16(12-22(21)28-19-7-3-4-8-19)17-13-23(25)24(15-17)18-6-5-9-20(14-18)29(2)26/h5-6,9-12,14,17,19H,3-4,7-8,13,15H2,1-2H3. The lowest BCUT2D eigenvalue weighted by Crippen LogP contribution is -2.24. The van der Waals surface area contributed by atoms with E-state index in [1.807, 2.05) is 42.5 Å². The molecule has 2 unspecified atom stereocenters. The molecule has 2 aromatic rings. The second kappa shape index (κ2) is 8.67. The van der Waals surface area contributed by atoms with Crippen LogP contribution in [0.5, 0.6) is 11.5 Å². The Balaban J connectivity index is 1.54. The fraction of sp³-hybridized carbons (Fsp3) is 0.435. The summed E-state index contributed by atoms with van der Waals surface area (Å²) in [7, 11) is 1.65. The number of hydrogen-bond acceptors (Lipinski definition) is 4. The van der Waals surface area contributed by atoms with Crippen LogP contribution < -0.4 is 14.4 Å². The van der Waals surface area contributed by atoms with Gasteiger partial charge in [0, 0.05) is 30.6 Å². The first-order valence-electron chi connectivity index (χ1n) is 10.1. The van der Waals surface area contributed by atoms with Crippen LogP contribution in [0.4, 0.5) is 5.69 Å². The third-order valence-corrected chi connectivity index (χ3v) is 6.76. The zero-order valence-electron chi connectivity index (χ0n) is 16.9. The summed E-state index contributed by atoms with van der Waals surface area (Å²) in [4.78, 5) is 15.2. The number of anilines is 1. The van der Waals surface area contributed by atoms with Crippen LogP contribution in [0.1, 0.15) is 43.6 Å². The zero-order valence-corrected chi connectivity index (χ0v) is 17.7. The summed E-state index contributed by atoms with van der Waals surface area (Å²) in [5, 5.41) is 0. The minimum atomic E-state index is -1.07. The van der Waals surface area contributed by atoms with Crippen LogP contribution in [0.25, 0.3) is 0 Å². The van der Waals surface area contributed by atoms with Crippen LogP contribution in [0.2, 0.25) is 0 Å². The minimum absolute atomic E-state index is 0.0862. The Kier molecular flexibility index (Phi) is 6.01. The number of ether oxygens (including phenoxy) is 2. The Morgan fingerprint density at radius 1 is 1.10 bits per heavy atom. The number of benzene rings is 2. The second-order valence-corrected chi connectivity index (χ2v) is 9.17. The van der Waals surface area contributed by atoms with Crippen molar-refractivity contribution in [2.45, 2.75) is 49.0 Å². The lowest BCUT2D eigenvalue weighted by molar-refractivity contribution is -0.117. The van der Waals surface area contributed by atoms with Crippen molar-refractivity contribution in [3.63, 3.8) is 0 Å². The summed E-state index contributed by atoms with van der Waals surface area (Å²) in [5.41, 5.74) is 1.89. The molecule has 2 atom stereocenters. The molecule has 1 aliphatic carbocycles. The first-order valence-corrected chi connectivity index (χ1v) is 11.7. The van der Waals surface area contributed by atoms with Gasteiger partial charge in [-0.15, -0.1) is 0 Å². The van der Waals surface area contributed by atoms with E-state index in [4.69, 9.17) is 9.47 Å². The maximum absolute atomic E-state index is 12.7. The number of nitrogens with zero attached hydrogens (tertiary/aromatic N) is 1. The van der Waals surface area contributed by atoms with Gasteiger partial charge in [-0.1, -0.05) is 12.1 Å². The van der Waals surface area contributed by atoms with Crippen LogP contribution in [-0.2, 0) is 16.0 Å². The van der Waals surface area contributed by atoms with Crippen molar-refractivity contribution in [2.75, 3.05) is 24.8 Å². The second-order valence-electron chi connectivity index (χ2n) is 7.79. The van der Waals surface area contributed by atoms with Gasteiger partial charge in [0.25, 0.3) is 0 Å². The fourth-order valence-electron chi connectivity index (χ4n) is 4.24. The molecule has 154 valence electrons. The maximum Gasteiger partial charge on any atom is 0.227 e. The molecule has 1 aliphatic heterocycles. The molecule has 5 nitrogen and oxygen atoms in total. The van der Waals surface area contributed by atoms with Gasteiger partial charge in [-0.05, 0) is 66.7 Å². The van der Waals surface area contributed by atoms with E-state index in [-0.39, 0.29) is 17.9 Å². The monoisotopic (exact) mass is 413 g/mol. The van der Waals surface area contributed by atoms with Crippen LogP contribution in [0, 0.1) is 0 Å². The van der Waals surface area contributed by atoms with Crippen LogP contribution >= 0.6 is 0 Å². The van der Waals surface area contributed by atoms with Crippen LogP contribution in [0.3, 0.4) is 0 Å². The summed E-state index contributed by atoms with van der Waals surface area (Å²) in [6.07, 6.45) is 6.93. The van der Waals surface area contributed by atoms with Crippen molar-refractivity contribution in [2.24, 2.45) is 0 Å². The molecular weight excluding hydrogens is 386 g/mol. The highest BCUT2D eigenvalue weighted by Gasteiger charge is 2.32. The number of carbonyl (C=O) groups is 1. The molecule has 0 spiro atoms. The average Bonchev–Trinajstić information content (AvgIpc) is 3.37. The van der Waals surface area contributed by atoms with Gasteiger partial charge in [-0.25, -0.2) is 0 Å². The van der Waals surface area contributed by atoms with Gasteiger partial charge in [0.15, 0.2) is 16.4 Å². The predicted octanol–water partition coefficient (Wildman–Crippen LogP) is 4.27. The molecular formula is C23H27NO4S. The highest BCUT2D eigenvalue weighted by atomic mass is 32.2. The smallest absolute Gasteiger partial charge is 0.227 e. The summed E-state index contributed by atoms with van der Waals surface area (Å²) >= 11 is -1.07. The molecule has 0 bridgehead atoms. The number of methoxy groups -OCH3 is 1. The Bertz CT molecular complexity index is 879. The Hall–Kier alpha value is -2.18. The van der Waals surface area contributed by atoms with Crippen molar-refractivity contribution in [3.8, 4) is 11.5 Å². The average molecular weight is 414 g/mol. The van der Waals surface area contributed by atoms with E-state index >= 15 is 0 Å². The highest BCUT2D eigenvalue weighted by molar-refractivity contribution is 7.90. The topological polar surface area (TPSA) is 61.8 Å². The van der Waals surface area contributed by atoms with Crippen molar-refractivity contribution in [1.29, 1.82) is 0 Å². The molecule has 4 rings (SSSR count). The van der Waals surface area contributed by atoms with Crippen molar-refractivity contribution >= 4 is 22.8 Å². The van der Waals surface area contributed by atoms with Gasteiger partial charge in [-0.3, -0.25) is 4.79 Å². The van der Waals surface area contributed by atoms with Crippen molar-refractivity contribution in [3.05, 3.63) is 48.0 Å². The molecule has 6 heteroatoms. The van der Waals surface area contributed by atoms with E-state index in [0.717, 1.165) is 40.5 Å². The minimum Gasteiger partial charge on any atom is -0.612 e.